The Morgan fingerprint density at radius 3 is 2.53 bits per heavy atom. The number of amides is 2. The largest absolute Gasteiger partial charge is 0.353 e. The van der Waals surface area contributed by atoms with E-state index in [1.54, 1.807) is 30.3 Å². The van der Waals surface area contributed by atoms with Gasteiger partial charge in [-0.3, -0.25) is 9.59 Å². The summed E-state index contributed by atoms with van der Waals surface area (Å²) in [6.07, 6.45) is 1.78. The van der Waals surface area contributed by atoms with Crippen molar-refractivity contribution in [2.45, 2.75) is 19.4 Å². The molecule has 0 aliphatic rings. The zero-order valence-electron chi connectivity index (χ0n) is 10.8. The van der Waals surface area contributed by atoms with E-state index in [2.05, 4.69) is 17.2 Å². The minimum Gasteiger partial charge on any atom is -0.353 e. The molecule has 1 atom stereocenters. The summed E-state index contributed by atoms with van der Waals surface area (Å²) in [4.78, 5) is 22.9. The van der Waals surface area contributed by atoms with E-state index in [4.69, 9.17) is 11.6 Å². The first-order valence-electron chi connectivity index (χ1n) is 5.93. The van der Waals surface area contributed by atoms with Crippen LogP contribution in [0.25, 0.3) is 0 Å². The van der Waals surface area contributed by atoms with Gasteiger partial charge in [0.2, 0.25) is 11.8 Å². The zero-order chi connectivity index (χ0) is 14.3. The molecule has 1 aromatic carbocycles. The van der Waals surface area contributed by atoms with Gasteiger partial charge < -0.3 is 10.6 Å². The summed E-state index contributed by atoms with van der Waals surface area (Å²) in [6.45, 7) is 5.36. The zero-order valence-corrected chi connectivity index (χ0v) is 11.5. The molecule has 0 aromatic heterocycles. The number of hydrogen-bond acceptors (Lipinski definition) is 2. The van der Waals surface area contributed by atoms with Crippen molar-refractivity contribution in [2.24, 2.45) is 0 Å². The second-order valence-electron chi connectivity index (χ2n) is 4.10. The quantitative estimate of drug-likeness (QED) is 0.785. The van der Waals surface area contributed by atoms with E-state index in [1.807, 2.05) is 0 Å². The number of carbonyl (C=O) groups excluding carboxylic acids is 2. The lowest BCUT2D eigenvalue weighted by Gasteiger charge is -2.18. The Kier molecular flexibility index (Phi) is 6.09. The second-order valence-corrected chi connectivity index (χ2v) is 4.54. The molecule has 1 unspecified atom stereocenters. The molecule has 0 spiro atoms. The average Bonchev–Trinajstić information content (AvgIpc) is 2.36. The van der Waals surface area contributed by atoms with E-state index >= 15 is 0 Å². The number of carbonyl (C=O) groups is 2. The van der Waals surface area contributed by atoms with Crippen LogP contribution < -0.4 is 10.6 Å². The number of halogens is 1. The van der Waals surface area contributed by atoms with Crippen molar-refractivity contribution in [2.75, 3.05) is 6.54 Å². The Morgan fingerprint density at radius 1 is 1.37 bits per heavy atom. The van der Waals surface area contributed by atoms with Crippen LogP contribution in [0.3, 0.4) is 0 Å². The van der Waals surface area contributed by atoms with Gasteiger partial charge in [-0.05, 0) is 17.7 Å². The highest BCUT2D eigenvalue weighted by Crippen LogP contribution is 2.19. The van der Waals surface area contributed by atoms with Crippen LogP contribution in [-0.4, -0.2) is 18.4 Å². The normalized spacial score (nSPS) is 11.5. The number of benzene rings is 1. The summed E-state index contributed by atoms with van der Waals surface area (Å²) in [5, 5.41) is 6.05. The van der Waals surface area contributed by atoms with Crippen LogP contribution >= 0.6 is 11.6 Å². The Balaban J connectivity index is 2.76. The van der Waals surface area contributed by atoms with E-state index < -0.39 is 0 Å². The van der Waals surface area contributed by atoms with Crippen LogP contribution in [0.5, 0.6) is 0 Å². The molecule has 1 aromatic rings. The topological polar surface area (TPSA) is 58.2 Å². The highest BCUT2D eigenvalue weighted by atomic mass is 35.5. The Hall–Kier alpha value is -1.81. The summed E-state index contributed by atoms with van der Waals surface area (Å²) in [5.74, 6) is -0.329. The number of nitrogens with one attached hydrogen (secondary N) is 2. The summed E-state index contributed by atoms with van der Waals surface area (Å²) in [7, 11) is 0. The summed E-state index contributed by atoms with van der Waals surface area (Å²) < 4.78 is 0. The number of hydrogen-bond donors (Lipinski definition) is 2. The summed E-state index contributed by atoms with van der Waals surface area (Å²) in [6, 6.07) is 6.69. The first kappa shape index (κ1) is 15.2. The van der Waals surface area contributed by atoms with Crippen molar-refractivity contribution < 1.29 is 9.59 Å². The lowest BCUT2D eigenvalue weighted by Crippen LogP contribution is -2.32. The van der Waals surface area contributed by atoms with E-state index in [0.717, 1.165) is 5.56 Å². The fourth-order valence-corrected chi connectivity index (χ4v) is 1.76. The molecule has 4 nitrogen and oxygen atoms in total. The third-order valence-electron chi connectivity index (χ3n) is 2.48. The minimum atomic E-state index is -0.361. The van der Waals surface area contributed by atoms with E-state index in [0.29, 0.717) is 11.6 Å². The number of rotatable bonds is 6. The molecule has 0 radical (unpaired) electrons. The van der Waals surface area contributed by atoms with Gasteiger partial charge in [-0.1, -0.05) is 29.8 Å². The molecular weight excluding hydrogens is 264 g/mol. The maximum absolute atomic E-state index is 11.7. The summed E-state index contributed by atoms with van der Waals surface area (Å²) >= 11 is 5.82. The van der Waals surface area contributed by atoms with Gasteiger partial charge in [0.1, 0.15) is 0 Å². The van der Waals surface area contributed by atoms with Crippen LogP contribution in [0.2, 0.25) is 5.02 Å². The van der Waals surface area contributed by atoms with Crippen molar-refractivity contribution in [1.82, 2.24) is 10.6 Å². The van der Waals surface area contributed by atoms with E-state index in [-0.39, 0.29) is 24.3 Å². The average molecular weight is 281 g/mol. The van der Waals surface area contributed by atoms with Gasteiger partial charge in [-0.2, -0.15) is 0 Å². The molecule has 0 bridgehead atoms. The monoisotopic (exact) mass is 280 g/mol. The molecule has 102 valence electrons. The van der Waals surface area contributed by atoms with Gasteiger partial charge in [0.15, 0.2) is 0 Å². The van der Waals surface area contributed by atoms with Crippen molar-refractivity contribution in [1.29, 1.82) is 0 Å². The predicted octanol–water partition coefficient (Wildman–Crippen LogP) is 2.21. The maximum atomic E-state index is 11.7. The highest BCUT2D eigenvalue weighted by molar-refractivity contribution is 6.30. The first-order valence-corrected chi connectivity index (χ1v) is 6.31. The molecule has 0 saturated carbocycles. The molecule has 0 aliphatic heterocycles. The van der Waals surface area contributed by atoms with Crippen LogP contribution in [0.4, 0.5) is 0 Å². The molecule has 0 aliphatic carbocycles. The van der Waals surface area contributed by atoms with Crippen LogP contribution in [0, 0.1) is 0 Å². The van der Waals surface area contributed by atoms with Crippen molar-refractivity contribution in [3.8, 4) is 0 Å². The van der Waals surface area contributed by atoms with Gasteiger partial charge in [-0.15, -0.1) is 6.58 Å². The predicted molar refractivity (Wildman–Crippen MR) is 75.8 cm³/mol. The van der Waals surface area contributed by atoms with Crippen LogP contribution in [-0.2, 0) is 9.59 Å². The fourth-order valence-electron chi connectivity index (χ4n) is 1.64. The Labute approximate surface area is 117 Å². The summed E-state index contributed by atoms with van der Waals surface area (Å²) in [5.41, 5.74) is 0.841. The smallest absolute Gasteiger partial charge is 0.222 e. The van der Waals surface area contributed by atoms with Crippen molar-refractivity contribution in [3.05, 3.63) is 47.5 Å². The fraction of sp³-hybridized carbons (Fsp3) is 0.286. The van der Waals surface area contributed by atoms with Crippen LogP contribution in [0.15, 0.2) is 36.9 Å². The minimum absolute atomic E-state index is 0.145. The van der Waals surface area contributed by atoms with Crippen LogP contribution in [0.1, 0.15) is 24.9 Å². The lowest BCUT2D eigenvalue weighted by molar-refractivity contribution is -0.122. The maximum Gasteiger partial charge on any atom is 0.222 e. The lowest BCUT2D eigenvalue weighted by atomic mass is 10.0. The molecule has 2 amide bonds. The van der Waals surface area contributed by atoms with Gasteiger partial charge in [-0.25, -0.2) is 0 Å². The van der Waals surface area contributed by atoms with E-state index in [9.17, 15) is 9.59 Å². The Morgan fingerprint density at radius 2 is 2.00 bits per heavy atom. The SMILES string of the molecule is C=CCNC(=O)CC(NC(C)=O)c1ccc(Cl)cc1. The molecule has 2 N–H and O–H groups in total. The van der Waals surface area contributed by atoms with Gasteiger partial charge in [0, 0.05) is 18.5 Å². The first-order chi connectivity index (χ1) is 9.02. The molecular formula is C14H17ClN2O2. The molecule has 5 heteroatoms. The second kappa shape index (κ2) is 7.59. The van der Waals surface area contributed by atoms with Gasteiger partial charge in [0.25, 0.3) is 0 Å². The van der Waals surface area contributed by atoms with Gasteiger partial charge in [0.05, 0.1) is 12.5 Å². The molecule has 1 rings (SSSR count). The van der Waals surface area contributed by atoms with Crippen molar-refractivity contribution >= 4 is 23.4 Å². The molecule has 0 heterocycles. The molecule has 0 saturated heterocycles. The third-order valence-corrected chi connectivity index (χ3v) is 2.73. The van der Waals surface area contributed by atoms with Crippen molar-refractivity contribution in [3.63, 3.8) is 0 Å². The molecule has 19 heavy (non-hydrogen) atoms. The Bertz CT molecular complexity index is 457. The van der Waals surface area contributed by atoms with Gasteiger partial charge >= 0.3 is 0 Å². The standard InChI is InChI=1S/C14H17ClN2O2/c1-3-8-16-14(19)9-13(17-10(2)18)11-4-6-12(15)7-5-11/h3-7,13H,1,8-9H2,2H3,(H,16,19)(H,17,18). The third kappa shape index (κ3) is 5.57. The highest BCUT2D eigenvalue weighted by Gasteiger charge is 2.16. The molecule has 0 fully saturated rings. The van der Waals surface area contributed by atoms with E-state index in [1.165, 1.54) is 6.92 Å².